The number of piperidine rings is 1. The maximum Gasteiger partial charge on any atom is 0.0951 e. The van der Waals surface area contributed by atoms with Crippen molar-refractivity contribution in [2.45, 2.75) is 52.2 Å². The minimum atomic E-state index is 0.480. The van der Waals surface area contributed by atoms with Gasteiger partial charge in [0, 0.05) is 31.4 Å². The molecule has 2 unspecified atom stereocenters. The normalized spacial score (nSPS) is 25.8. The van der Waals surface area contributed by atoms with Gasteiger partial charge in [0.15, 0.2) is 0 Å². The molecule has 2 N–H and O–H groups in total. The highest BCUT2D eigenvalue weighted by atomic mass is 15.2. The van der Waals surface area contributed by atoms with E-state index >= 15 is 0 Å². The number of hydrogen-bond donors (Lipinski definition) is 1. The van der Waals surface area contributed by atoms with Gasteiger partial charge in [0.1, 0.15) is 0 Å². The minimum absolute atomic E-state index is 0.480. The number of nitrogens with zero attached hydrogens (tertiary/aromatic N) is 3. The third-order valence-corrected chi connectivity index (χ3v) is 4.11. The lowest BCUT2D eigenvalue weighted by Crippen LogP contribution is -2.43. The Balaban J connectivity index is 2.05. The van der Waals surface area contributed by atoms with Crippen LogP contribution in [0.4, 0.5) is 0 Å². The first-order valence-corrected chi connectivity index (χ1v) is 7.06. The van der Waals surface area contributed by atoms with Crippen molar-refractivity contribution in [2.75, 3.05) is 13.1 Å². The smallest absolute Gasteiger partial charge is 0.0951 e. The molecule has 2 heterocycles. The van der Waals surface area contributed by atoms with Gasteiger partial charge in [0.25, 0.3) is 0 Å². The van der Waals surface area contributed by atoms with Crippen LogP contribution in [0.3, 0.4) is 0 Å². The number of imidazole rings is 1. The molecule has 1 aliphatic rings. The van der Waals surface area contributed by atoms with Gasteiger partial charge in [0.2, 0.25) is 0 Å². The molecular weight excluding hydrogens is 224 g/mol. The average Bonchev–Trinajstić information content (AvgIpc) is 2.80. The lowest BCUT2D eigenvalue weighted by atomic mass is 9.93. The van der Waals surface area contributed by atoms with Gasteiger partial charge in [-0.25, -0.2) is 4.98 Å². The molecule has 2 rings (SSSR count). The molecular formula is C14H26N4. The van der Waals surface area contributed by atoms with E-state index in [1.54, 1.807) is 0 Å². The van der Waals surface area contributed by atoms with Crippen LogP contribution in [-0.4, -0.2) is 33.6 Å². The fourth-order valence-corrected chi connectivity index (χ4v) is 2.80. The maximum atomic E-state index is 5.82. The van der Waals surface area contributed by atoms with Gasteiger partial charge in [-0.3, -0.25) is 4.90 Å². The third kappa shape index (κ3) is 2.93. The molecule has 2 atom stereocenters. The van der Waals surface area contributed by atoms with Crippen LogP contribution in [0.1, 0.15) is 45.3 Å². The fraction of sp³-hybridized carbons (Fsp3) is 0.786. The zero-order valence-electron chi connectivity index (χ0n) is 11.8. The SMILES string of the molecule is CC1CCC(CN)CN1Cc1cncn1C(C)C. The number of aromatic nitrogens is 2. The van der Waals surface area contributed by atoms with Gasteiger partial charge in [0.05, 0.1) is 12.0 Å². The average molecular weight is 250 g/mol. The van der Waals surface area contributed by atoms with E-state index in [9.17, 15) is 0 Å². The van der Waals surface area contributed by atoms with Crippen molar-refractivity contribution in [3.63, 3.8) is 0 Å². The summed E-state index contributed by atoms with van der Waals surface area (Å²) in [5.41, 5.74) is 7.13. The van der Waals surface area contributed by atoms with Crippen molar-refractivity contribution in [3.8, 4) is 0 Å². The Kier molecular flexibility index (Phi) is 4.40. The van der Waals surface area contributed by atoms with E-state index in [2.05, 4.69) is 35.2 Å². The molecule has 0 aliphatic carbocycles. The van der Waals surface area contributed by atoms with Crippen LogP contribution in [0, 0.1) is 5.92 Å². The van der Waals surface area contributed by atoms with Crippen LogP contribution in [0.25, 0.3) is 0 Å². The molecule has 0 radical (unpaired) electrons. The third-order valence-electron chi connectivity index (χ3n) is 4.11. The van der Waals surface area contributed by atoms with Crippen LogP contribution in [0.2, 0.25) is 0 Å². The maximum absolute atomic E-state index is 5.82. The Morgan fingerprint density at radius 3 is 2.89 bits per heavy atom. The Labute approximate surface area is 110 Å². The number of likely N-dealkylation sites (tertiary alicyclic amines) is 1. The van der Waals surface area contributed by atoms with Crippen LogP contribution in [0.15, 0.2) is 12.5 Å². The zero-order chi connectivity index (χ0) is 13.1. The number of rotatable bonds is 4. The summed E-state index contributed by atoms with van der Waals surface area (Å²) in [4.78, 5) is 6.84. The molecule has 4 nitrogen and oxygen atoms in total. The van der Waals surface area contributed by atoms with E-state index in [1.807, 2.05) is 12.5 Å². The van der Waals surface area contributed by atoms with Crippen LogP contribution in [0.5, 0.6) is 0 Å². The molecule has 0 bridgehead atoms. The Morgan fingerprint density at radius 2 is 2.22 bits per heavy atom. The van der Waals surface area contributed by atoms with Crippen molar-refractivity contribution in [1.29, 1.82) is 0 Å². The minimum Gasteiger partial charge on any atom is -0.331 e. The molecule has 102 valence electrons. The molecule has 1 aromatic rings. The second-order valence-electron chi connectivity index (χ2n) is 5.84. The predicted octanol–water partition coefficient (Wildman–Crippen LogP) is 2.02. The van der Waals surface area contributed by atoms with Crippen molar-refractivity contribution in [3.05, 3.63) is 18.2 Å². The first-order valence-electron chi connectivity index (χ1n) is 7.06. The molecule has 1 saturated heterocycles. The second kappa shape index (κ2) is 5.85. The quantitative estimate of drug-likeness (QED) is 0.889. The monoisotopic (exact) mass is 250 g/mol. The molecule has 0 saturated carbocycles. The molecule has 0 spiro atoms. The lowest BCUT2D eigenvalue weighted by Gasteiger charge is -2.37. The number of hydrogen-bond acceptors (Lipinski definition) is 3. The summed E-state index contributed by atoms with van der Waals surface area (Å²) in [7, 11) is 0. The van der Waals surface area contributed by atoms with E-state index in [1.165, 1.54) is 18.5 Å². The largest absolute Gasteiger partial charge is 0.331 e. The van der Waals surface area contributed by atoms with Crippen molar-refractivity contribution >= 4 is 0 Å². The fourth-order valence-electron chi connectivity index (χ4n) is 2.80. The Bertz CT molecular complexity index is 372. The summed E-state index contributed by atoms with van der Waals surface area (Å²) in [5.74, 6) is 0.664. The van der Waals surface area contributed by atoms with E-state index in [4.69, 9.17) is 5.73 Å². The summed E-state index contributed by atoms with van der Waals surface area (Å²) in [6.45, 7) is 9.66. The van der Waals surface area contributed by atoms with Crippen LogP contribution in [-0.2, 0) is 6.54 Å². The summed E-state index contributed by atoms with van der Waals surface area (Å²) < 4.78 is 2.26. The molecule has 1 aliphatic heterocycles. The molecule has 1 fully saturated rings. The first-order chi connectivity index (χ1) is 8.61. The molecule has 4 heteroatoms. The van der Waals surface area contributed by atoms with Gasteiger partial charge in [-0.2, -0.15) is 0 Å². The second-order valence-corrected chi connectivity index (χ2v) is 5.84. The number of nitrogens with two attached hydrogens (primary N) is 1. The van der Waals surface area contributed by atoms with Crippen LogP contribution < -0.4 is 5.73 Å². The highest BCUT2D eigenvalue weighted by Crippen LogP contribution is 2.23. The first kappa shape index (κ1) is 13.6. The van der Waals surface area contributed by atoms with E-state index in [0.717, 1.165) is 19.6 Å². The summed E-state index contributed by atoms with van der Waals surface area (Å²) in [6, 6.07) is 1.14. The summed E-state index contributed by atoms with van der Waals surface area (Å²) >= 11 is 0. The van der Waals surface area contributed by atoms with E-state index in [-0.39, 0.29) is 0 Å². The Morgan fingerprint density at radius 1 is 1.44 bits per heavy atom. The topological polar surface area (TPSA) is 47.1 Å². The van der Waals surface area contributed by atoms with Crippen molar-refractivity contribution in [1.82, 2.24) is 14.5 Å². The molecule has 1 aromatic heterocycles. The van der Waals surface area contributed by atoms with Crippen molar-refractivity contribution < 1.29 is 0 Å². The summed E-state index contributed by atoms with van der Waals surface area (Å²) in [5, 5.41) is 0. The van der Waals surface area contributed by atoms with Gasteiger partial charge in [-0.05, 0) is 46.1 Å². The van der Waals surface area contributed by atoms with Crippen molar-refractivity contribution in [2.24, 2.45) is 11.7 Å². The Hall–Kier alpha value is -0.870. The predicted molar refractivity (Wildman–Crippen MR) is 74.3 cm³/mol. The zero-order valence-corrected chi connectivity index (χ0v) is 11.8. The van der Waals surface area contributed by atoms with Gasteiger partial charge in [-0.1, -0.05) is 0 Å². The standard InChI is InChI=1S/C14H26N4/c1-11(2)18-10-16-7-14(18)9-17-8-13(6-15)5-4-12(17)3/h7,10-13H,4-6,8-9,15H2,1-3H3. The van der Waals surface area contributed by atoms with Crippen LogP contribution >= 0.6 is 0 Å². The summed E-state index contributed by atoms with van der Waals surface area (Å²) in [6.07, 6.45) is 6.48. The molecule has 0 amide bonds. The van der Waals surface area contributed by atoms with Gasteiger partial charge >= 0.3 is 0 Å². The van der Waals surface area contributed by atoms with E-state index < -0.39 is 0 Å². The highest BCUT2D eigenvalue weighted by Gasteiger charge is 2.25. The highest BCUT2D eigenvalue weighted by molar-refractivity contribution is 5.01. The lowest BCUT2D eigenvalue weighted by molar-refractivity contribution is 0.110. The molecule has 18 heavy (non-hydrogen) atoms. The molecule has 0 aromatic carbocycles. The van der Waals surface area contributed by atoms with Gasteiger partial charge in [-0.15, -0.1) is 0 Å². The van der Waals surface area contributed by atoms with E-state index in [0.29, 0.717) is 18.0 Å². The van der Waals surface area contributed by atoms with Gasteiger partial charge < -0.3 is 10.3 Å².